The van der Waals surface area contributed by atoms with Gasteiger partial charge < -0.3 is 9.64 Å². The summed E-state index contributed by atoms with van der Waals surface area (Å²) in [6, 6.07) is 11.4. The van der Waals surface area contributed by atoms with Crippen LogP contribution in [0.3, 0.4) is 0 Å². The number of non-ortho nitro benzene ring substituents is 1. The number of nitro benzene ring substituents is 1. The molecule has 0 saturated carbocycles. The molecule has 1 N–H and O–H groups in total. The van der Waals surface area contributed by atoms with E-state index in [1.165, 1.54) is 25.5 Å². The van der Waals surface area contributed by atoms with E-state index < -0.39 is 10.8 Å². The zero-order valence-electron chi connectivity index (χ0n) is 14.1. The number of anilines is 1. The quantitative estimate of drug-likeness (QED) is 0.494. The largest absolute Gasteiger partial charge is 0.496 e. The van der Waals surface area contributed by atoms with Crippen LogP contribution in [-0.2, 0) is 0 Å². The van der Waals surface area contributed by atoms with Gasteiger partial charge in [0.25, 0.3) is 11.6 Å². The van der Waals surface area contributed by atoms with Crippen LogP contribution in [0.15, 0.2) is 47.6 Å². The van der Waals surface area contributed by atoms with Crippen LogP contribution in [0.5, 0.6) is 5.75 Å². The van der Waals surface area contributed by atoms with E-state index in [0.717, 1.165) is 17.3 Å². The Bertz CT molecular complexity index is 801. The van der Waals surface area contributed by atoms with Gasteiger partial charge in [-0.3, -0.25) is 14.9 Å². The van der Waals surface area contributed by atoms with Gasteiger partial charge in [0.2, 0.25) is 0 Å². The van der Waals surface area contributed by atoms with E-state index in [9.17, 15) is 14.9 Å². The first kappa shape index (κ1) is 17.9. The Labute approximate surface area is 144 Å². The van der Waals surface area contributed by atoms with E-state index >= 15 is 0 Å². The first-order valence-corrected chi connectivity index (χ1v) is 7.35. The molecule has 0 aliphatic carbocycles. The highest BCUT2D eigenvalue weighted by Crippen LogP contribution is 2.23. The average molecular weight is 342 g/mol. The van der Waals surface area contributed by atoms with Crippen molar-refractivity contribution in [2.24, 2.45) is 5.10 Å². The van der Waals surface area contributed by atoms with Gasteiger partial charge in [0.05, 0.1) is 23.8 Å². The summed E-state index contributed by atoms with van der Waals surface area (Å²) < 4.78 is 5.06. The van der Waals surface area contributed by atoms with Gasteiger partial charge in [0.15, 0.2) is 0 Å². The highest BCUT2D eigenvalue weighted by Gasteiger charge is 2.17. The van der Waals surface area contributed by atoms with Crippen LogP contribution in [0.25, 0.3) is 0 Å². The molecule has 1 amide bonds. The smallest absolute Gasteiger partial charge is 0.275 e. The summed E-state index contributed by atoms with van der Waals surface area (Å²) in [6.45, 7) is 0. The maximum Gasteiger partial charge on any atom is 0.275 e. The molecule has 0 unspecified atom stereocenters. The number of amides is 1. The first-order valence-electron chi connectivity index (χ1n) is 7.35. The van der Waals surface area contributed by atoms with Crippen molar-refractivity contribution in [2.45, 2.75) is 0 Å². The Morgan fingerprint density at radius 1 is 1.24 bits per heavy atom. The van der Waals surface area contributed by atoms with Crippen molar-refractivity contribution in [3.63, 3.8) is 0 Å². The second-order valence-corrected chi connectivity index (χ2v) is 5.33. The standard InChI is InChI=1S/C17H18N4O4/c1-20(2)13-6-4-12(5-7-13)11-18-19-17(22)15-10-14(21(23)24)8-9-16(15)25-3/h4-11H,1-3H3,(H,19,22)/b18-11-. The van der Waals surface area contributed by atoms with Gasteiger partial charge in [-0.25, -0.2) is 5.43 Å². The van der Waals surface area contributed by atoms with Crippen LogP contribution >= 0.6 is 0 Å². The summed E-state index contributed by atoms with van der Waals surface area (Å²) >= 11 is 0. The molecule has 0 radical (unpaired) electrons. The van der Waals surface area contributed by atoms with E-state index in [0.29, 0.717) is 0 Å². The summed E-state index contributed by atoms with van der Waals surface area (Å²) in [5.74, 6) is -0.365. The Morgan fingerprint density at radius 3 is 2.48 bits per heavy atom. The van der Waals surface area contributed by atoms with Gasteiger partial charge in [-0.15, -0.1) is 0 Å². The molecular weight excluding hydrogens is 324 g/mol. The number of hydrazone groups is 1. The van der Waals surface area contributed by atoms with Crippen molar-refractivity contribution < 1.29 is 14.5 Å². The molecular formula is C17H18N4O4. The summed E-state index contributed by atoms with van der Waals surface area (Å²) in [6.07, 6.45) is 1.49. The van der Waals surface area contributed by atoms with Crippen molar-refractivity contribution in [1.29, 1.82) is 0 Å². The zero-order chi connectivity index (χ0) is 18.4. The molecule has 2 rings (SSSR count). The number of methoxy groups -OCH3 is 1. The topological polar surface area (TPSA) is 97.1 Å². The average Bonchev–Trinajstić information content (AvgIpc) is 2.61. The predicted molar refractivity (Wildman–Crippen MR) is 95.5 cm³/mol. The summed E-state index contributed by atoms with van der Waals surface area (Å²) in [5, 5.41) is 14.7. The number of ether oxygens (including phenoxy) is 1. The number of nitrogens with zero attached hydrogens (tertiary/aromatic N) is 3. The van der Waals surface area contributed by atoms with Crippen molar-refractivity contribution in [3.05, 3.63) is 63.7 Å². The third-order valence-electron chi connectivity index (χ3n) is 3.43. The van der Waals surface area contributed by atoms with Crippen molar-refractivity contribution >= 4 is 23.5 Å². The van der Waals surface area contributed by atoms with Gasteiger partial charge in [0, 0.05) is 31.9 Å². The molecule has 0 aliphatic heterocycles. The van der Waals surface area contributed by atoms with Crippen LogP contribution < -0.4 is 15.1 Å². The molecule has 2 aromatic carbocycles. The molecule has 0 bridgehead atoms. The molecule has 2 aromatic rings. The molecule has 0 spiro atoms. The van der Waals surface area contributed by atoms with E-state index in [1.54, 1.807) is 0 Å². The fraction of sp³-hybridized carbons (Fsp3) is 0.176. The molecule has 0 atom stereocenters. The molecule has 0 aromatic heterocycles. The third kappa shape index (κ3) is 4.54. The highest BCUT2D eigenvalue weighted by atomic mass is 16.6. The molecule has 8 nitrogen and oxygen atoms in total. The van der Waals surface area contributed by atoms with Gasteiger partial charge in [-0.1, -0.05) is 12.1 Å². The number of hydrogen-bond acceptors (Lipinski definition) is 6. The van der Waals surface area contributed by atoms with Crippen LogP contribution in [0.4, 0.5) is 11.4 Å². The number of nitro groups is 1. The van der Waals surface area contributed by atoms with Gasteiger partial charge in [0.1, 0.15) is 5.75 Å². The lowest BCUT2D eigenvalue weighted by Crippen LogP contribution is -2.18. The molecule has 8 heteroatoms. The number of hydrogen-bond donors (Lipinski definition) is 1. The van der Waals surface area contributed by atoms with E-state index in [-0.39, 0.29) is 17.0 Å². The number of nitrogens with one attached hydrogen (secondary N) is 1. The zero-order valence-corrected chi connectivity index (χ0v) is 14.1. The fourth-order valence-corrected chi connectivity index (χ4v) is 2.07. The summed E-state index contributed by atoms with van der Waals surface area (Å²) in [4.78, 5) is 24.4. The second kappa shape index (κ2) is 7.91. The lowest BCUT2D eigenvalue weighted by Gasteiger charge is -2.11. The lowest BCUT2D eigenvalue weighted by atomic mass is 10.1. The molecule has 0 aliphatic rings. The Kier molecular flexibility index (Phi) is 5.67. The summed E-state index contributed by atoms with van der Waals surface area (Å²) in [7, 11) is 5.26. The summed E-state index contributed by atoms with van der Waals surface area (Å²) in [5.41, 5.74) is 4.03. The van der Waals surface area contributed by atoms with Crippen LogP contribution in [-0.4, -0.2) is 38.3 Å². The van der Waals surface area contributed by atoms with Crippen molar-refractivity contribution in [1.82, 2.24) is 5.43 Å². The second-order valence-electron chi connectivity index (χ2n) is 5.33. The number of rotatable bonds is 6. The SMILES string of the molecule is COc1ccc([N+](=O)[O-])cc1C(=O)N/N=C\c1ccc(N(C)C)cc1. The highest BCUT2D eigenvalue weighted by molar-refractivity contribution is 5.98. The van der Waals surface area contributed by atoms with Crippen molar-refractivity contribution in [3.8, 4) is 5.75 Å². The molecule has 0 fully saturated rings. The molecule has 25 heavy (non-hydrogen) atoms. The third-order valence-corrected chi connectivity index (χ3v) is 3.43. The minimum Gasteiger partial charge on any atom is -0.496 e. The van der Waals surface area contributed by atoms with E-state index in [2.05, 4.69) is 10.5 Å². The van der Waals surface area contributed by atoms with Crippen LogP contribution in [0.2, 0.25) is 0 Å². The van der Waals surface area contributed by atoms with Gasteiger partial charge in [-0.05, 0) is 23.8 Å². The molecule has 0 saturated heterocycles. The predicted octanol–water partition coefficient (Wildman–Crippen LogP) is 2.43. The maximum atomic E-state index is 12.2. The van der Waals surface area contributed by atoms with Crippen LogP contribution in [0, 0.1) is 10.1 Å². The van der Waals surface area contributed by atoms with Crippen LogP contribution in [0.1, 0.15) is 15.9 Å². The van der Waals surface area contributed by atoms with E-state index in [1.807, 2.05) is 43.3 Å². The van der Waals surface area contributed by atoms with Crippen molar-refractivity contribution in [2.75, 3.05) is 26.1 Å². The Hall–Kier alpha value is -3.42. The Balaban J connectivity index is 2.11. The lowest BCUT2D eigenvalue weighted by molar-refractivity contribution is -0.384. The fourth-order valence-electron chi connectivity index (χ4n) is 2.07. The Morgan fingerprint density at radius 2 is 1.92 bits per heavy atom. The molecule has 130 valence electrons. The maximum absolute atomic E-state index is 12.2. The minimum absolute atomic E-state index is 0.0387. The normalized spacial score (nSPS) is 10.5. The van der Waals surface area contributed by atoms with Gasteiger partial charge in [-0.2, -0.15) is 5.10 Å². The molecule has 0 heterocycles. The van der Waals surface area contributed by atoms with E-state index in [4.69, 9.17) is 4.74 Å². The number of carbonyl (C=O) groups excluding carboxylic acids is 1. The number of benzene rings is 2. The number of carbonyl (C=O) groups is 1. The minimum atomic E-state index is -0.596. The monoisotopic (exact) mass is 342 g/mol. The van der Waals surface area contributed by atoms with Gasteiger partial charge >= 0.3 is 0 Å². The first-order chi connectivity index (χ1) is 11.9.